The molecule has 0 unspecified atom stereocenters. The molecule has 0 saturated carbocycles. The molecule has 0 aliphatic rings. The van der Waals surface area contributed by atoms with Crippen LogP contribution in [-0.4, -0.2) is 21.3 Å². The van der Waals surface area contributed by atoms with Crippen LogP contribution in [0.1, 0.15) is 43.3 Å². The van der Waals surface area contributed by atoms with Crippen LogP contribution in [0, 0.1) is 6.92 Å². The summed E-state index contributed by atoms with van der Waals surface area (Å²) >= 11 is 0. The number of nitrogens with zero attached hydrogens (tertiary/aromatic N) is 3. The lowest BCUT2D eigenvalue weighted by Crippen LogP contribution is -2.14. The third kappa shape index (κ3) is 2.90. The van der Waals surface area contributed by atoms with E-state index in [4.69, 9.17) is 5.10 Å². The highest BCUT2D eigenvalue weighted by atomic mass is 15.3. The Labute approximate surface area is 121 Å². The summed E-state index contributed by atoms with van der Waals surface area (Å²) in [6.07, 6.45) is 3.76. The van der Waals surface area contributed by atoms with Gasteiger partial charge in [-0.25, -0.2) is 9.67 Å². The fourth-order valence-electron chi connectivity index (χ4n) is 2.46. The van der Waals surface area contributed by atoms with Crippen molar-refractivity contribution in [3.63, 3.8) is 0 Å². The molecule has 0 spiro atoms. The highest BCUT2D eigenvalue weighted by Gasteiger charge is 2.16. The van der Waals surface area contributed by atoms with Crippen LogP contribution in [-0.2, 0) is 19.4 Å². The Morgan fingerprint density at radius 3 is 2.60 bits per heavy atom. The summed E-state index contributed by atoms with van der Waals surface area (Å²) in [5, 5.41) is 8.19. The molecule has 0 bridgehead atoms. The quantitative estimate of drug-likeness (QED) is 0.879. The number of rotatable bonds is 6. The summed E-state index contributed by atoms with van der Waals surface area (Å²) in [5.41, 5.74) is 4.98. The summed E-state index contributed by atoms with van der Waals surface area (Å²) in [6, 6.07) is 4.10. The molecule has 2 heterocycles. The second-order valence-electron chi connectivity index (χ2n) is 4.96. The van der Waals surface area contributed by atoms with Crippen molar-refractivity contribution in [2.45, 2.75) is 47.1 Å². The molecular weight excluding hydrogens is 248 g/mol. The Kier molecular flexibility index (Phi) is 4.90. The molecule has 2 aromatic heterocycles. The Balaban J connectivity index is 2.50. The van der Waals surface area contributed by atoms with Crippen molar-refractivity contribution in [1.29, 1.82) is 0 Å². The van der Waals surface area contributed by atoms with Crippen LogP contribution in [0.3, 0.4) is 0 Å². The third-order valence-corrected chi connectivity index (χ3v) is 3.51. The second kappa shape index (κ2) is 6.66. The maximum Gasteiger partial charge on any atom is 0.153 e. The predicted octanol–water partition coefficient (Wildman–Crippen LogP) is 2.81. The van der Waals surface area contributed by atoms with Crippen molar-refractivity contribution in [2.75, 3.05) is 6.54 Å². The Bertz CT molecular complexity index is 572. The van der Waals surface area contributed by atoms with E-state index in [0.717, 1.165) is 31.7 Å². The van der Waals surface area contributed by atoms with E-state index in [9.17, 15) is 0 Å². The van der Waals surface area contributed by atoms with Crippen LogP contribution >= 0.6 is 0 Å². The van der Waals surface area contributed by atoms with E-state index in [1.807, 2.05) is 16.9 Å². The van der Waals surface area contributed by atoms with Crippen LogP contribution in [0.25, 0.3) is 5.82 Å². The number of pyridine rings is 1. The zero-order valence-corrected chi connectivity index (χ0v) is 12.9. The van der Waals surface area contributed by atoms with E-state index in [-0.39, 0.29) is 0 Å². The predicted molar refractivity (Wildman–Crippen MR) is 82.2 cm³/mol. The van der Waals surface area contributed by atoms with Gasteiger partial charge in [0.1, 0.15) is 0 Å². The lowest BCUT2D eigenvalue weighted by atomic mass is 10.1. The molecule has 0 radical (unpaired) electrons. The van der Waals surface area contributed by atoms with Gasteiger partial charge in [-0.3, -0.25) is 0 Å². The number of aryl methyl sites for hydroxylation is 2. The van der Waals surface area contributed by atoms with Gasteiger partial charge < -0.3 is 5.32 Å². The molecule has 1 N–H and O–H groups in total. The van der Waals surface area contributed by atoms with Gasteiger partial charge in [-0.15, -0.1) is 0 Å². The highest BCUT2D eigenvalue weighted by molar-refractivity contribution is 5.35. The lowest BCUT2D eigenvalue weighted by molar-refractivity contribution is 0.711. The molecule has 4 heteroatoms. The van der Waals surface area contributed by atoms with Crippen molar-refractivity contribution >= 4 is 0 Å². The van der Waals surface area contributed by atoms with Crippen molar-refractivity contribution in [3.05, 3.63) is 40.8 Å². The van der Waals surface area contributed by atoms with Crippen molar-refractivity contribution in [2.24, 2.45) is 0 Å². The van der Waals surface area contributed by atoms with Crippen LogP contribution in [0.2, 0.25) is 0 Å². The van der Waals surface area contributed by atoms with E-state index >= 15 is 0 Å². The first kappa shape index (κ1) is 14.7. The Morgan fingerprint density at radius 2 is 2.00 bits per heavy atom. The van der Waals surface area contributed by atoms with Gasteiger partial charge in [0.25, 0.3) is 0 Å². The van der Waals surface area contributed by atoms with Gasteiger partial charge in [-0.2, -0.15) is 5.10 Å². The number of aromatic nitrogens is 3. The zero-order chi connectivity index (χ0) is 14.5. The minimum atomic E-state index is 0.884. The molecule has 0 aliphatic carbocycles. The van der Waals surface area contributed by atoms with E-state index in [0.29, 0.717) is 0 Å². The van der Waals surface area contributed by atoms with E-state index in [1.54, 1.807) is 0 Å². The molecule has 20 heavy (non-hydrogen) atoms. The first-order chi connectivity index (χ1) is 9.71. The summed E-state index contributed by atoms with van der Waals surface area (Å²) < 4.78 is 2.01. The minimum absolute atomic E-state index is 0.884. The molecule has 0 saturated heterocycles. The Morgan fingerprint density at radius 1 is 1.20 bits per heavy atom. The number of hydrogen-bond acceptors (Lipinski definition) is 3. The lowest BCUT2D eigenvalue weighted by Gasteiger charge is -2.08. The molecule has 4 nitrogen and oxygen atoms in total. The maximum atomic E-state index is 4.78. The van der Waals surface area contributed by atoms with Crippen molar-refractivity contribution < 1.29 is 0 Å². The van der Waals surface area contributed by atoms with Gasteiger partial charge >= 0.3 is 0 Å². The van der Waals surface area contributed by atoms with Crippen LogP contribution in [0.4, 0.5) is 0 Å². The van der Waals surface area contributed by atoms with E-state index < -0.39 is 0 Å². The second-order valence-corrected chi connectivity index (χ2v) is 4.96. The van der Waals surface area contributed by atoms with Crippen LogP contribution in [0.5, 0.6) is 0 Å². The molecule has 108 valence electrons. The van der Waals surface area contributed by atoms with Crippen LogP contribution < -0.4 is 5.32 Å². The van der Waals surface area contributed by atoms with Gasteiger partial charge in [0, 0.05) is 18.3 Å². The van der Waals surface area contributed by atoms with Crippen molar-refractivity contribution in [1.82, 2.24) is 20.1 Å². The normalized spacial score (nSPS) is 11.0. The Hall–Kier alpha value is -1.68. The van der Waals surface area contributed by atoms with Gasteiger partial charge in [0.15, 0.2) is 5.82 Å². The largest absolute Gasteiger partial charge is 0.313 e. The first-order valence-electron chi connectivity index (χ1n) is 7.44. The molecule has 0 fully saturated rings. The standard InChI is InChI=1S/C16H24N4/c1-5-14-13(11-17-7-3)15(6-2)20(19-14)16-10-12(4)8-9-18-16/h8-10,17H,5-7,11H2,1-4H3. The molecule has 2 rings (SSSR count). The summed E-state index contributed by atoms with van der Waals surface area (Å²) in [4.78, 5) is 4.47. The fourth-order valence-corrected chi connectivity index (χ4v) is 2.46. The molecule has 0 atom stereocenters. The summed E-state index contributed by atoms with van der Waals surface area (Å²) in [5.74, 6) is 0.916. The average molecular weight is 272 g/mol. The minimum Gasteiger partial charge on any atom is -0.313 e. The fraction of sp³-hybridized carbons (Fsp3) is 0.500. The maximum absolute atomic E-state index is 4.78. The van der Waals surface area contributed by atoms with E-state index in [1.165, 1.54) is 22.5 Å². The number of nitrogens with one attached hydrogen (secondary N) is 1. The van der Waals surface area contributed by atoms with Crippen LogP contribution in [0.15, 0.2) is 18.3 Å². The summed E-state index contributed by atoms with van der Waals surface area (Å²) in [6.45, 7) is 10.4. The SMILES string of the molecule is CCNCc1c(CC)nn(-c2cc(C)ccn2)c1CC. The monoisotopic (exact) mass is 272 g/mol. The molecule has 0 amide bonds. The van der Waals surface area contributed by atoms with Gasteiger partial charge in [0.05, 0.1) is 11.4 Å². The highest BCUT2D eigenvalue weighted by Crippen LogP contribution is 2.19. The van der Waals surface area contributed by atoms with Crippen molar-refractivity contribution in [3.8, 4) is 5.82 Å². The zero-order valence-electron chi connectivity index (χ0n) is 12.9. The van der Waals surface area contributed by atoms with Gasteiger partial charge in [-0.05, 0) is 44.0 Å². The molecular formula is C16H24N4. The molecule has 2 aromatic rings. The molecule has 0 aliphatic heterocycles. The summed E-state index contributed by atoms with van der Waals surface area (Å²) in [7, 11) is 0. The smallest absolute Gasteiger partial charge is 0.153 e. The first-order valence-corrected chi connectivity index (χ1v) is 7.44. The number of hydrogen-bond donors (Lipinski definition) is 1. The van der Waals surface area contributed by atoms with E-state index in [2.05, 4.69) is 44.1 Å². The van der Waals surface area contributed by atoms with Gasteiger partial charge in [-0.1, -0.05) is 20.8 Å². The molecule has 0 aromatic carbocycles. The average Bonchev–Trinajstić information content (AvgIpc) is 2.82. The van der Waals surface area contributed by atoms with Gasteiger partial charge in [0.2, 0.25) is 0 Å². The third-order valence-electron chi connectivity index (χ3n) is 3.51. The topological polar surface area (TPSA) is 42.7 Å².